The number of nitrogens with two attached hydrogens (primary N) is 1. The molecule has 0 aliphatic rings. The van der Waals surface area contributed by atoms with E-state index in [-0.39, 0.29) is 6.04 Å². The molecule has 1 unspecified atom stereocenters. The summed E-state index contributed by atoms with van der Waals surface area (Å²) in [7, 11) is 0. The van der Waals surface area contributed by atoms with Crippen molar-refractivity contribution in [2.75, 3.05) is 13.2 Å². The number of benzene rings is 1. The number of hydrogen-bond donors (Lipinski definition) is 1. The van der Waals surface area contributed by atoms with Crippen LogP contribution in [0.15, 0.2) is 30.3 Å². The van der Waals surface area contributed by atoms with Crippen LogP contribution in [0.25, 0.3) is 0 Å². The van der Waals surface area contributed by atoms with Gasteiger partial charge in [-0.2, -0.15) is 0 Å². The first-order chi connectivity index (χ1) is 7.34. The highest BCUT2D eigenvalue weighted by Crippen LogP contribution is 2.14. The van der Waals surface area contributed by atoms with Crippen LogP contribution in [0.1, 0.15) is 37.8 Å². The third kappa shape index (κ3) is 4.96. The summed E-state index contributed by atoms with van der Waals surface area (Å²) in [5.74, 6) is 0. The molecule has 0 aromatic heterocycles. The van der Waals surface area contributed by atoms with E-state index in [1.807, 2.05) is 18.2 Å². The van der Waals surface area contributed by atoms with Gasteiger partial charge >= 0.3 is 0 Å². The first-order valence-corrected chi connectivity index (χ1v) is 5.73. The molecule has 2 heteroatoms. The molecule has 2 nitrogen and oxygen atoms in total. The molecule has 0 aliphatic heterocycles. The molecular formula is C13H21NO. The second-order valence-corrected chi connectivity index (χ2v) is 3.77. The van der Waals surface area contributed by atoms with Gasteiger partial charge in [-0.15, -0.1) is 0 Å². The zero-order valence-corrected chi connectivity index (χ0v) is 9.49. The fraction of sp³-hybridized carbons (Fsp3) is 0.538. The number of rotatable bonds is 7. The summed E-state index contributed by atoms with van der Waals surface area (Å²) in [5.41, 5.74) is 7.27. The Morgan fingerprint density at radius 2 is 1.93 bits per heavy atom. The Morgan fingerprint density at radius 1 is 1.20 bits per heavy atom. The lowest BCUT2D eigenvalue weighted by atomic mass is 10.0. The van der Waals surface area contributed by atoms with Crippen molar-refractivity contribution in [3.8, 4) is 0 Å². The number of ether oxygens (including phenoxy) is 1. The Kier molecular flexibility index (Phi) is 6.05. The van der Waals surface area contributed by atoms with Crippen LogP contribution in [0.5, 0.6) is 0 Å². The molecular weight excluding hydrogens is 186 g/mol. The van der Waals surface area contributed by atoms with Crippen molar-refractivity contribution >= 4 is 0 Å². The molecule has 0 bridgehead atoms. The first-order valence-electron chi connectivity index (χ1n) is 5.73. The minimum Gasteiger partial charge on any atom is -0.381 e. The highest BCUT2D eigenvalue weighted by Gasteiger charge is 2.03. The zero-order valence-electron chi connectivity index (χ0n) is 9.49. The minimum absolute atomic E-state index is 0.149. The van der Waals surface area contributed by atoms with Crippen molar-refractivity contribution in [2.24, 2.45) is 5.73 Å². The molecule has 0 amide bonds. The molecule has 0 spiro atoms. The molecule has 0 fully saturated rings. The largest absolute Gasteiger partial charge is 0.381 e. The van der Waals surface area contributed by atoms with Crippen molar-refractivity contribution in [2.45, 2.75) is 32.2 Å². The standard InChI is InChI=1S/C13H21NO/c1-2-10-15-11-6-9-13(14)12-7-4-3-5-8-12/h3-5,7-8,13H,2,6,9-11,14H2,1H3. The summed E-state index contributed by atoms with van der Waals surface area (Å²) < 4.78 is 5.41. The molecule has 1 aromatic rings. The Labute approximate surface area is 92.4 Å². The van der Waals surface area contributed by atoms with E-state index in [4.69, 9.17) is 10.5 Å². The minimum atomic E-state index is 0.149. The smallest absolute Gasteiger partial charge is 0.0466 e. The monoisotopic (exact) mass is 207 g/mol. The van der Waals surface area contributed by atoms with Crippen LogP contribution in [-0.4, -0.2) is 13.2 Å². The van der Waals surface area contributed by atoms with E-state index in [1.165, 1.54) is 5.56 Å². The third-order valence-corrected chi connectivity index (χ3v) is 2.38. The summed E-state index contributed by atoms with van der Waals surface area (Å²) in [4.78, 5) is 0. The van der Waals surface area contributed by atoms with Crippen molar-refractivity contribution in [1.82, 2.24) is 0 Å². The molecule has 0 aliphatic carbocycles. The lowest BCUT2D eigenvalue weighted by molar-refractivity contribution is 0.129. The molecule has 15 heavy (non-hydrogen) atoms. The SMILES string of the molecule is CCCOCCCC(N)c1ccccc1. The van der Waals surface area contributed by atoms with E-state index in [1.54, 1.807) is 0 Å². The zero-order chi connectivity index (χ0) is 10.9. The molecule has 0 saturated heterocycles. The Hall–Kier alpha value is -0.860. The van der Waals surface area contributed by atoms with Crippen molar-refractivity contribution in [1.29, 1.82) is 0 Å². The Bertz CT molecular complexity index is 248. The van der Waals surface area contributed by atoms with E-state index in [0.717, 1.165) is 32.5 Å². The van der Waals surface area contributed by atoms with Crippen molar-refractivity contribution < 1.29 is 4.74 Å². The summed E-state index contributed by atoms with van der Waals surface area (Å²) in [6, 6.07) is 10.4. The Morgan fingerprint density at radius 3 is 2.60 bits per heavy atom. The molecule has 84 valence electrons. The first kappa shape index (κ1) is 12.2. The van der Waals surface area contributed by atoms with Gasteiger partial charge in [0.05, 0.1) is 0 Å². The van der Waals surface area contributed by atoms with E-state index >= 15 is 0 Å². The molecule has 2 N–H and O–H groups in total. The van der Waals surface area contributed by atoms with Crippen LogP contribution in [0, 0.1) is 0 Å². The van der Waals surface area contributed by atoms with Crippen molar-refractivity contribution in [3.05, 3.63) is 35.9 Å². The van der Waals surface area contributed by atoms with Gasteiger partial charge in [0.25, 0.3) is 0 Å². The van der Waals surface area contributed by atoms with Gasteiger partial charge in [0, 0.05) is 19.3 Å². The van der Waals surface area contributed by atoms with E-state index in [0.29, 0.717) is 0 Å². The van der Waals surface area contributed by atoms with Gasteiger partial charge in [-0.3, -0.25) is 0 Å². The van der Waals surface area contributed by atoms with Crippen LogP contribution in [-0.2, 0) is 4.74 Å². The van der Waals surface area contributed by atoms with Gasteiger partial charge in [-0.1, -0.05) is 37.3 Å². The van der Waals surface area contributed by atoms with Crippen LogP contribution < -0.4 is 5.73 Å². The summed E-state index contributed by atoms with van der Waals surface area (Å²) >= 11 is 0. The average molecular weight is 207 g/mol. The molecule has 1 rings (SSSR count). The van der Waals surface area contributed by atoms with Crippen LogP contribution in [0.3, 0.4) is 0 Å². The third-order valence-electron chi connectivity index (χ3n) is 2.38. The maximum absolute atomic E-state index is 6.05. The molecule has 0 heterocycles. The van der Waals surface area contributed by atoms with Crippen LogP contribution in [0.4, 0.5) is 0 Å². The fourth-order valence-corrected chi connectivity index (χ4v) is 1.52. The second-order valence-electron chi connectivity index (χ2n) is 3.77. The number of hydrogen-bond acceptors (Lipinski definition) is 2. The van der Waals surface area contributed by atoms with E-state index in [2.05, 4.69) is 19.1 Å². The molecule has 0 saturated carbocycles. The maximum Gasteiger partial charge on any atom is 0.0466 e. The highest BCUT2D eigenvalue weighted by molar-refractivity contribution is 5.18. The normalized spacial score (nSPS) is 12.7. The second kappa shape index (κ2) is 7.43. The van der Waals surface area contributed by atoms with Crippen LogP contribution in [0.2, 0.25) is 0 Å². The predicted molar refractivity (Wildman–Crippen MR) is 63.7 cm³/mol. The fourth-order valence-electron chi connectivity index (χ4n) is 1.52. The van der Waals surface area contributed by atoms with Gasteiger partial charge in [-0.25, -0.2) is 0 Å². The highest BCUT2D eigenvalue weighted by atomic mass is 16.5. The molecule has 1 aromatic carbocycles. The predicted octanol–water partition coefficient (Wildman–Crippen LogP) is 2.89. The van der Waals surface area contributed by atoms with Crippen LogP contribution >= 0.6 is 0 Å². The average Bonchev–Trinajstić information content (AvgIpc) is 2.30. The summed E-state index contributed by atoms with van der Waals surface area (Å²) in [6.07, 6.45) is 3.12. The van der Waals surface area contributed by atoms with Gasteiger partial charge in [-0.05, 0) is 24.8 Å². The quantitative estimate of drug-likeness (QED) is 0.698. The Balaban J connectivity index is 2.16. The topological polar surface area (TPSA) is 35.2 Å². The maximum atomic E-state index is 6.05. The molecule has 0 radical (unpaired) electrons. The van der Waals surface area contributed by atoms with Gasteiger partial charge in [0.15, 0.2) is 0 Å². The lowest BCUT2D eigenvalue weighted by Crippen LogP contribution is -2.11. The van der Waals surface area contributed by atoms with Gasteiger partial charge in [0.2, 0.25) is 0 Å². The lowest BCUT2D eigenvalue weighted by Gasteiger charge is -2.11. The summed E-state index contributed by atoms with van der Waals surface area (Å²) in [6.45, 7) is 3.81. The summed E-state index contributed by atoms with van der Waals surface area (Å²) in [5, 5.41) is 0. The van der Waals surface area contributed by atoms with E-state index in [9.17, 15) is 0 Å². The molecule has 1 atom stereocenters. The van der Waals surface area contributed by atoms with Gasteiger partial charge < -0.3 is 10.5 Å². The van der Waals surface area contributed by atoms with E-state index < -0.39 is 0 Å². The van der Waals surface area contributed by atoms with Gasteiger partial charge in [0.1, 0.15) is 0 Å². The van der Waals surface area contributed by atoms with Crippen molar-refractivity contribution in [3.63, 3.8) is 0 Å².